The van der Waals surface area contributed by atoms with Gasteiger partial charge >= 0.3 is 6.09 Å². The standard InChI is InChI=1S/C14H15Cl2N3O2S/c1-13(6-14(13,15)16)7-22-8-3-4-9-10(5-8)18-11(17-9)19-12(20)21-2/h3-5H,6-7H2,1-2H3,(H2,17,18,19,20). The SMILES string of the molecule is COC(=O)Nc1nc2ccc(SCC3(C)CC3(Cl)Cl)cc2[nH]1. The highest BCUT2D eigenvalue weighted by atomic mass is 35.5. The van der Waals surface area contributed by atoms with E-state index in [0.29, 0.717) is 5.95 Å². The normalized spacial score (nSPS) is 22.5. The summed E-state index contributed by atoms with van der Waals surface area (Å²) in [5, 5.41) is 2.51. The fourth-order valence-electron chi connectivity index (χ4n) is 2.13. The second-order valence-electron chi connectivity index (χ2n) is 5.61. The third-order valence-corrected chi connectivity index (χ3v) is 6.34. The van der Waals surface area contributed by atoms with Crippen LogP contribution in [0.5, 0.6) is 0 Å². The Labute approximate surface area is 142 Å². The number of nitrogens with zero attached hydrogens (tertiary/aromatic N) is 1. The highest BCUT2D eigenvalue weighted by Crippen LogP contribution is 2.65. The first kappa shape index (κ1) is 15.8. The van der Waals surface area contributed by atoms with Gasteiger partial charge in [-0.1, -0.05) is 6.92 Å². The number of thioether (sulfide) groups is 1. The van der Waals surface area contributed by atoms with Crippen molar-refractivity contribution >= 4 is 58.0 Å². The summed E-state index contributed by atoms with van der Waals surface area (Å²) in [7, 11) is 1.30. The lowest BCUT2D eigenvalue weighted by Gasteiger charge is -2.11. The van der Waals surface area contributed by atoms with Crippen molar-refractivity contribution in [3.05, 3.63) is 18.2 Å². The first-order valence-corrected chi connectivity index (χ1v) is 8.42. The number of benzene rings is 1. The molecular weight excluding hydrogens is 345 g/mol. The smallest absolute Gasteiger partial charge is 0.413 e. The van der Waals surface area contributed by atoms with Gasteiger partial charge in [-0.2, -0.15) is 0 Å². The van der Waals surface area contributed by atoms with E-state index in [1.807, 2.05) is 18.2 Å². The lowest BCUT2D eigenvalue weighted by atomic mass is 10.2. The second kappa shape index (κ2) is 5.51. The lowest BCUT2D eigenvalue weighted by Crippen LogP contribution is -2.11. The fraction of sp³-hybridized carbons (Fsp3) is 0.429. The minimum atomic E-state index is -0.601. The van der Waals surface area contributed by atoms with Gasteiger partial charge in [-0.25, -0.2) is 9.78 Å². The minimum absolute atomic E-state index is 0.0404. The van der Waals surface area contributed by atoms with E-state index in [2.05, 4.69) is 26.9 Å². The van der Waals surface area contributed by atoms with Gasteiger partial charge in [0, 0.05) is 16.1 Å². The van der Waals surface area contributed by atoms with E-state index in [-0.39, 0.29) is 5.41 Å². The lowest BCUT2D eigenvalue weighted by molar-refractivity contribution is 0.186. The molecule has 1 aromatic heterocycles. The molecule has 118 valence electrons. The molecule has 3 rings (SSSR count). The molecule has 1 heterocycles. The van der Waals surface area contributed by atoms with Gasteiger partial charge in [-0.05, 0) is 24.6 Å². The summed E-state index contributed by atoms with van der Waals surface area (Å²) in [6.07, 6.45) is 0.256. The molecule has 1 amide bonds. The van der Waals surface area contributed by atoms with E-state index in [1.165, 1.54) is 7.11 Å². The van der Waals surface area contributed by atoms with Gasteiger partial charge in [-0.3, -0.25) is 5.32 Å². The molecule has 1 fully saturated rings. The summed E-state index contributed by atoms with van der Waals surface area (Å²) in [6, 6.07) is 5.89. The van der Waals surface area contributed by atoms with Crippen LogP contribution in [-0.4, -0.2) is 33.3 Å². The molecule has 1 aromatic carbocycles. The van der Waals surface area contributed by atoms with E-state index >= 15 is 0 Å². The number of fused-ring (bicyclic) bond motifs is 1. The fourth-order valence-corrected chi connectivity index (χ4v) is 4.21. The number of amides is 1. The molecule has 8 heteroatoms. The zero-order chi connectivity index (χ0) is 16.0. The van der Waals surface area contributed by atoms with Crippen molar-refractivity contribution in [3.8, 4) is 0 Å². The van der Waals surface area contributed by atoms with E-state index in [9.17, 15) is 4.79 Å². The van der Waals surface area contributed by atoms with E-state index < -0.39 is 10.4 Å². The Morgan fingerprint density at radius 3 is 2.91 bits per heavy atom. The number of aromatic nitrogens is 2. The number of H-pyrrole nitrogens is 1. The molecule has 1 aliphatic carbocycles. The number of halogens is 2. The van der Waals surface area contributed by atoms with Crippen LogP contribution in [0, 0.1) is 5.41 Å². The number of carbonyl (C=O) groups is 1. The summed E-state index contributed by atoms with van der Waals surface area (Å²) >= 11 is 14.0. The van der Waals surface area contributed by atoms with E-state index in [1.54, 1.807) is 11.8 Å². The number of hydrogen-bond acceptors (Lipinski definition) is 4. The Morgan fingerprint density at radius 2 is 2.27 bits per heavy atom. The highest BCUT2D eigenvalue weighted by molar-refractivity contribution is 7.99. The molecule has 2 aromatic rings. The quantitative estimate of drug-likeness (QED) is 0.626. The van der Waals surface area contributed by atoms with Crippen molar-refractivity contribution in [2.24, 2.45) is 5.41 Å². The van der Waals surface area contributed by atoms with Crippen LogP contribution in [-0.2, 0) is 4.74 Å². The number of carbonyl (C=O) groups excluding carboxylic acids is 1. The van der Waals surface area contributed by atoms with Gasteiger partial charge in [0.25, 0.3) is 0 Å². The summed E-state index contributed by atoms with van der Waals surface area (Å²) in [4.78, 5) is 19.6. The van der Waals surface area contributed by atoms with Crippen LogP contribution in [0.1, 0.15) is 13.3 Å². The van der Waals surface area contributed by atoms with Crippen LogP contribution in [0.2, 0.25) is 0 Å². The molecular formula is C14H15Cl2N3O2S. The van der Waals surface area contributed by atoms with Crippen LogP contribution in [0.4, 0.5) is 10.7 Å². The number of imidazole rings is 1. The Kier molecular flexibility index (Phi) is 3.95. The Balaban J connectivity index is 1.71. The largest absolute Gasteiger partial charge is 0.453 e. The average molecular weight is 360 g/mol. The van der Waals surface area contributed by atoms with Gasteiger partial charge in [0.1, 0.15) is 4.33 Å². The monoisotopic (exact) mass is 359 g/mol. The second-order valence-corrected chi connectivity index (χ2v) is 8.14. The number of ether oxygens (including phenoxy) is 1. The molecule has 1 atom stereocenters. The predicted octanol–water partition coefficient (Wildman–Crippen LogP) is 4.42. The molecule has 0 spiro atoms. The maximum atomic E-state index is 11.2. The van der Waals surface area contributed by atoms with Crippen molar-refractivity contribution in [1.29, 1.82) is 0 Å². The number of nitrogens with one attached hydrogen (secondary N) is 2. The highest BCUT2D eigenvalue weighted by Gasteiger charge is 2.62. The number of hydrogen-bond donors (Lipinski definition) is 2. The van der Waals surface area contributed by atoms with Crippen LogP contribution in [0.15, 0.2) is 23.1 Å². The molecule has 0 aliphatic heterocycles. The van der Waals surface area contributed by atoms with Crippen molar-refractivity contribution in [1.82, 2.24) is 9.97 Å². The molecule has 1 unspecified atom stereocenters. The zero-order valence-corrected chi connectivity index (χ0v) is 14.4. The molecule has 0 saturated heterocycles. The number of methoxy groups -OCH3 is 1. The van der Waals surface area contributed by atoms with Gasteiger partial charge in [0.05, 0.1) is 18.1 Å². The molecule has 1 saturated carbocycles. The Morgan fingerprint density at radius 1 is 1.55 bits per heavy atom. The number of rotatable bonds is 4. The Bertz CT molecular complexity index is 734. The van der Waals surface area contributed by atoms with Crippen molar-refractivity contribution < 1.29 is 9.53 Å². The van der Waals surface area contributed by atoms with Crippen molar-refractivity contribution in [3.63, 3.8) is 0 Å². The molecule has 1 aliphatic rings. The van der Waals surface area contributed by atoms with Crippen LogP contribution in [0.3, 0.4) is 0 Å². The molecule has 2 N–H and O–H groups in total. The van der Waals surface area contributed by atoms with E-state index in [4.69, 9.17) is 23.2 Å². The summed E-state index contributed by atoms with van der Waals surface area (Å²) in [6.45, 7) is 2.09. The maximum Gasteiger partial charge on any atom is 0.413 e. The van der Waals surface area contributed by atoms with Gasteiger partial charge in [0.2, 0.25) is 5.95 Å². The zero-order valence-electron chi connectivity index (χ0n) is 12.1. The average Bonchev–Trinajstić information content (AvgIpc) is 2.81. The summed E-state index contributed by atoms with van der Waals surface area (Å²) in [5.74, 6) is 1.21. The van der Waals surface area contributed by atoms with Gasteiger partial charge in [0.15, 0.2) is 0 Å². The number of anilines is 1. The van der Waals surface area contributed by atoms with Gasteiger partial charge < -0.3 is 9.72 Å². The summed E-state index contributed by atoms with van der Waals surface area (Å²) < 4.78 is 3.94. The van der Waals surface area contributed by atoms with E-state index in [0.717, 1.165) is 28.1 Å². The van der Waals surface area contributed by atoms with Crippen LogP contribution < -0.4 is 5.32 Å². The topological polar surface area (TPSA) is 67.0 Å². The molecule has 0 bridgehead atoms. The van der Waals surface area contributed by atoms with Crippen LogP contribution in [0.25, 0.3) is 11.0 Å². The first-order chi connectivity index (χ1) is 10.3. The third kappa shape index (κ3) is 3.00. The first-order valence-electron chi connectivity index (χ1n) is 6.68. The van der Waals surface area contributed by atoms with Gasteiger partial charge in [-0.15, -0.1) is 35.0 Å². The van der Waals surface area contributed by atoms with Crippen LogP contribution >= 0.6 is 35.0 Å². The Hall–Kier alpha value is -1.11. The summed E-state index contributed by atoms with van der Waals surface area (Å²) in [5.41, 5.74) is 1.58. The molecule has 0 radical (unpaired) electrons. The number of alkyl halides is 2. The molecule has 22 heavy (non-hydrogen) atoms. The minimum Gasteiger partial charge on any atom is -0.453 e. The number of aromatic amines is 1. The van der Waals surface area contributed by atoms with Crippen molar-refractivity contribution in [2.45, 2.75) is 22.6 Å². The third-order valence-electron chi connectivity index (χ3n) is 3.79. The maximum absolute atomic E-state index is 11.2. The predicted molar refractivity (Wildman–Crippen MR) is 90.0 cm³/mol. The van der Waals surface area contributed by atoms with Crippen molar-refractivity contribution in [2.75, 3.05) is 18.2 Å². The molecule has 5 nitrogen and oxygen atoms in total.